The highest BCUT2D eigenvalue weighted by atomic mass is 79.9. The average molecular weight is 1320 g/mol. The average Bonchev–Trinajstić information content (AvgIpc) is 3.43. The van der Waals surface area contributed by atoms with Crippen LogP contribution in [-0.4, -0.2) is 102 Å². The number of carbonyl (C=O) groups is 2. The van der Waals surface area contributed by atoms with E-state index in [1.165, 1.54) is 94.8 Å². The second-order valence-electron chi connectivity index (χ2n) is 16.3. The number of phenols is 1. The number of unbranched alkanes of at least 4 members (excludes halogenated alkanes) is 1. The summed E-state index contributed by atoms with van der Waals surface area (Å²) in [5, 5.41) is 43.7. The SMILES string of the molecule is C#CCC.CCC#Cc1ccc(F)cc1O[C@H](C)CO.CCCCc1ccc(F)cc1O[C@H](C)CO.COC(=O)[C@@H](C)Oc1cc(F)ccc1Br.COC(=O)[C@H](C)O.C[C@H](CO)Oc1cc(F)ccc1Br.Oc1cc(F)ccc1Br. The highest BCUT2D eigenvalue weighted by molar-refractivity contribution is 9.11. The summed E-state index contributed by atoms with van der Waals surface area (Å²) in [5.74, 6) is 6.76. The molecule has 0 aliphatic heterocycles. The van der Waals surface area contributed by atoms with Crippen molar-refractivity contribution in [3.05, 3.63) is 145 Å². The number of esters is 2. The first-order valence-corrected chi connectivity index (χ1v) is 27.1. The Morgan fingerprint density at radius 3 is 1.34 bits per heavy atom. The number of ether oxygens (including phenoxy) is 6. The molecule has 0 radical (unpaired) electrons. The Bertz CT molecular complexity index is 2660. The van der Waals surface area contributed by atoms with Crippen molar-refractivity contribution >= 4 is 59.7 Å². The number of terminal acetylenes is 1. The Morgan fingerprint density at radius 2 is 0.950 bits per heavy atom. The maximum Gasteiger partial charge on any atom is 0.346 e. The predicted molar refractivity (Wildman–Crippen MR) is 309 cm³/mol. The number of hydrogen-bond acceptors (Lipinski definition) is 13. The van der Waals surface area contributed by atoms with E-state index in [-0.39, 0.29) is 67.1 Å². The molecule has 5 rings (SSSR count). The van der Waals surface area contributed by atoms with Gasteiger partial charge in [-0.05, 0) is 155 Å². The maximum absolute atomic E-state index is 13.1. The van der Waals surface area contributed by atoms with Crippen molar-refractivity contribution in [2.75, 3.05) is 34.0 Å². The summed E-state index contributed by atoms with van der Waals surface area (Å²) >= 11 is 9.41. The molecule has 0 heterocycles. The topological polar surface area (TPSA) is 191 Å². The van der Waals surface area contributed by atoms with E-state index in [9.17, 15) is 31.5 Å². The van der Waals surface area contributed by atoms with Crippen LogP contribution in [0.5, 0.6) is 28.7 Å². The summed E-state index contributed by atoms with van der Waals surface area (Å²) in [6, 6.07) is 20.7. The number of aliphatic hydroxyl groups excluding tert-OH is 4. The van der Waals surface area contributed by atoms with Crippen molar-refractivity contribution in [3.63, 3.8) is 0 Å². The van der Waals surface area contributed by atoms with Gasteiger partial charge in [-0.25, -0.2) is 31.5 Å². The number of halogens is 8. The molecule has 0 unspecified atom stereocenters. The quantitative estimate of drug-likeness (QED) is 0.0357. The molecule has 0 aliphatic carbocycles. The number of hydrogen-bond donors (Lipinski definition) is 5. The molecule has 442 valence electrons. The minimum absolute atomic E-state index is 0.0657. The molecular formula is C59H72Br3F5O13. The lowest BCUT2D eigenvalue weighted by Gasteiger charge is -2.15. The number of rotatable bonds is 16. The number of aromatic hydroxyl groups is 1. The highest BCUT2D eigenvalue weighted by Gasteiger charge is 2.17. The first-order valence-electron chi connectivity index (χ1n) is 24.7. The number of phenolic OH excluding ortho intramolecular Hbond substituents is 1. The van der Waals surface area contributed by atoms with Crippen LogP contribution in [0.4, 0.5) is 22.0 Å². The van der Waals surface area contributed by atoms with Crippen LogP contribution >= 0.6 is 47.8 Å². The predicted octanol–water partition coefficient (Wildman–Crippen LogP) is 13.0. The molecule has 0 saturated heterocycles. The number of carbonyl (C=O) groups excluding carboxylic acids is 2. The summed E-state index contributed by atoms with van der Waals surface area (Å²) in [7, 11) is 2.50. The van der Waals surface area contributed by atoms with Crippen LogP contribution in [0, 0.1) is 53.3 Å². The monoisotopic (exact) mass is 1320 g/mol. The minimum Gasteiger partial charge on any atom is -0.507 e. The Balaban J connectivity index is 0. The van der Waals surface area contributed by atoms with Gasteiger partial charge in [0.05, 0.1) is 53.0 Å². The van der Waals surface area contributed by atoms with Crippen molar-refractivity contribution in [2.45, 2.75) is 118 Å². The van der Waals surface area contributed by atoms with Gasteiger partial charge in [-0.15, -0.1) is 12.3 Å². The van der Waals surface area contributed by atoms with Crippen LogP contribution in [-0.2, 0) is 25.5 Å². The smallest absolute Gasteiger partial charge is 0.346 e. The van der Waals surface area contributed by atoms with E-state index in [4.69, 9.17) is 50.9 Å². The fourth-order valence-corrected chi connectivity index (χ4v) is 5.98. The molecule has 0 fully saturated rings. The van der Waals surface area contributed by atoms with Gasteiger partial charge in [0.25, 0.3) is 0 Å². The molecule has 0 aromatic heterocycles. The van der Waals surface area contributed by atoms with E-state index >= 15 is 0 Å². The maximum atomic E-state index is 13.1. The summed E-state index contributed by atoms with van der Waals surface area (Å²) in [4.78, 5) is 21.1. The first kappa shape index (κ1) is 76.2. The number of aliphatic hydroxyl groups is 4. The molecule has 80 heavy (non-hydrogen) atoms. The third-order valence-electron chi connectivity index (χ3n) is 9.21. The van der Waals surface area contributed by atoms with Gasteiger partial charge in [0, 0.05) is 43.2 Å². The van der Waals surface area contributed by atoms with Gasteiger partial charge in [-0.2, -0.15) is 0 Å². The standard InChI is InChI=1S/C13H19FO2.C13H15FO2.C10H10BrFO3.C9H10BrFO2.C6H4BrFO.C4H8O3.C4H6/c2*1-3-4-5-11-6-7-12(14)8-13(11)16-10(2)9-15;1-6(10(13)14-2)15-9-5-7(12)3-4-8(9)11;1-6(5-12)13-9-4-7(11)2-3-8(9)10;7-5-2-1-4(8)3-6(5)9;1-3(5)4(6)7-2;1-3-4-2/h6-8,10,15H,3-5,9H2,1-2H3;6-8,10,15H,3,9H2,1-2H3;3-6H,1-2H3;2-4,6,12H,5H2,1H3;1-3,9H;3,5H,1-2H3;1H,4H2,2H3/t2*10-;2*6-;;3-;/m1111.0./s1. The van der Waals surface area contributed by atoms with Gasteiger partial charge >= 0.3 is 11.9 Å². The zero-order chi connectivity index (χ0) is 61.3. The Hall–Kier alpha value is -5.91. The van der Waals surface area contributed by atoms with Gasteiger partial charge in [0.15, 0.2) is 6.10 Å². The van der Waals surface area contributed by atoms with Crippen molar-refractivity contribution in [1.29, 1.82) is 0 Å². The van der Waals surface area contributed by atoms with Gasteiger partial charge in [0.2, 0.25) is 0 Å². The molecule has 0 spiro atoms. The van der Waals surface area contributed by atoms with Crippen LogP contribution in [0.3, 0.4) is 0 Å². The molecule has 0 bridgehead atoms. The zero-order valence-electron chi connectivity index (χ0n) is 46.3. The molecule has 13 nitrogen and oxygen atoms in total. The third-order valence-corrected chi connectivity index (χ3v) is 11.2. The molecule has 5 N–H and O–H groups in total. The molecular weight excluding hydrogens is 1250 g/mol. The summed E-state index contributed by atoms with van der Waals surface area (Å²) < 4.78 is 95.6. The number of benzene rings is 5. The van der Waals surface area contributed by atoms with Crippen LogP contribution in [0.1, 0.15) is 92.2 Å². The van der Waals surface area contributed by atoms with E-state index in [0.717, 1.165) is 43.7 Å². The van der Waals surface area contributed by atoms with Gasteiger partial charge in [-0.1, -0.05) is 45.1 Å². The van der Waals surface area contributed by atoms with Crippen molar-refractivity contribution < 1.29 is 85.5 Å². The lowest BCUT2D eigenvalue weighted by atomic mass is 10.1. The second kappa shape index (κ2) is 44.8. The molecule has 21 heteroatoms. The fourth-order valence-electron chi connectivity index (χ4n) is 5.05. The fraction of sp³-hybridized carbons (Fsp3) is 0.390. The van der Waals surface area contributed by atoms with Crippen molar-refractivity contribution in [1.82, 2.24) is 0 Å². The normalized spacial score (nSPS) is 11.6. The Kier molecular flexibility index (Phi) is 42.6. The molecule has 5 aromatic rings. The number of methoxy groups -OCH3 is 2. The van der Waals surface area contributed by atoms with Crippen molar-refractivity contribution in [3.8, 4) is 52.9 Å². The highest BCUT2D eigenvalue weighted by Crippen LogP contribution is 2.28. The number of aryl methyl sites for hydroxylation is 1. The van der Waals surface area contributed by atoms with E-state index < -0.39 is 35.8 Å². The summed E-state index contributed by atoms with van der Waals surface area (Å²) in [6.07, 6.45) is 6.60. The van der Waals surface area contributed by atoms with Gasteiger partial charge in [0.1, 0.15) is 82.2 Å². The van der Waals surface area contributed by atoms with E-state index in [2.05, 4.69) is 81.9 Å². The van der Waals surface area contributed by atoms with E-state index in [1.807, 2.05) is 13.8 Å². The van der Waals surface area contributed by atoms with E-state index in [0.29, 0.717) is 36.2 Å². The molecule has 5 aromatic carbocycles. The third kappa shape index (κ3) is 35.0. The van der Waals surface area contributed by atoms with Crippen LogP contribution in [0.2, 0.25) is 0 Å². The largest absolute Gasteiger partial charge is 0.507 e. The van der Waals surface area contributed by atoms with Crippen LogP contribution in [0.15, 0.2) is 104 Å². The molecule has 0 saturated carbocycles. The van der Waals surface area contributed by atoms with E-state index in [1.54, 1.807) is 39.0 Å². The zero-order valence-corrected chi connectivity index (χ0v) is 51.1. The van der Waals surface area contributed by atoms with Crippen LogP contribution in [0.25, 0.3) is 0 Å². The first-order chi connectivity index (χ1) is 37.8. The van der Waals surface area contributed by atoms with Crippen LogP contribution < -0.4 is 18.9 Å². The lowest BCUT2D eigenvalue weighted by Crippen LogP contribution is -2.25. The lowest BCUT2D eigenvalue weighted by molar-refractivity contribution is -0.149. The summed E-state index contributed by atoms with van der Waals surface area (Å²) in [5.41, 5.74) is 1.65. The van der Waals surface area contributed by atoms with Gasteiger partial charge in [-0.3, -0.25) is 0 Å². The Morgan fingerprint density at radius 1 is 0.562 bits per heavy atom. The second-order valence-corrected chi connectivity index (χ2v) is 18.8. The summed E-state index contributed by atoms with van der Waals surface area (Å²) in [6.45, 7) is 13.8. The van der Waals surface area contributed by atoms with Crippen molar-refractivity contribution in [2.24, 2.45) is 0 Å². The van der Waals surface area contributed by atoms with Gasteiger partial charge < -0.3 is 54.0 Å². The minimum atomic E-state index is -0.995. The Labute approximate surface area is 492 Å². The molecule has 5 atom stereocenters. The molecule has 0 aliphatic rings. The molecule has 0 amide bonds.